The van der Waals surface area contributed by atoms with Gasteiger partial charge in [0, 0.05) is 30.5 Å². The number of aryl methyl sites for hydroxylation is 1. The van der Waals surface area contributed by atoms with E-state index in [1.54, 1.807) is 0 Å². The summed E-state index contributed by atoms with van der Waals surface area (Å²) < 4.78 is 2.31. The van der Waals surface area contributed by atoms with Crippen molar-refractivity contribution in [2.45, 2.75) is 64.6 Å². The molecule has 1 aliphatic carbocycles. The molecule has 2 rings (SSSR count). The van der Waals surface area contributed by atoms with Gasteiger partial charge in [0.15, 0.2) is 0 Å². The van der Waals surface area contributed by atoms with Crippen LogP contribution in [0.3, 0.4) is 0 Å². The van der Waals surface area contributed by atoms with E-state index in [4.69, 9.17) is 0 Å². The first kappa shape index (κ1) is 14.6. The van der Waals surface area contributed by atoms with Crippen molar-refractivity contribution in [3.8, 4) is 0 Å². The number of aliphatic hydroxyl groups excluding tert-OH is 1. The molecule has 1 fully saturated rings. The van der Waals surface area contributed by atoms with Gasteiger partial charge in [0.25, 0.3) is 0 Å². The molecule has 0 amide bonds. The molecule has 108 valence electrons. The zero-order valence-electron chi connectivity index (χ0n) is 12.4. The third-order valence-electron chi connectivity index (χ3n) is 4.43. The van der Waals surface area contributed by atoms with Crippen LogP contribution in [0.4, 0.5) is 0 Å². The number of nitrogens with one attached hydrogen (secondary N) is 1. The van der Waals surface area contributed by atoms with E-state index >= 15 is 0 Å². The second-order valence-corrected chi connectivity index (χ2v) is 6.19. The molecule has 1 aromatic heterocycles. The van der Waals surface area contributed by atoms with Crippen LogP contribution in [0.1, 0.15) is 51.6 Å². The molecule has 1 aromatic rings. The zero-order valence-corrected chi connectivity index (χ0v) is 12.4. The van der Waals surface area contributed by atoms with Crippen molar-refractivity contribution in [1.29, 1.82) is 0 Å². The molecular weight excluding hydrogens is 236 g/mol. The van der Waals surface area contributed by atoms with E-state index in [0.29, 0.717) is 0 Å². The fourth-order valence-electron chi connectivity index (χ4n) is 3.37. The number of aliphatic hydroxyl groups is 1. The molecule has 0 saturated heterocycles. The minimum Gasteiger partial charge on any atom is -0.394 e. The molecule has 2 N–H and O–H groups in total. The predicted molar refractivity (Wildman–Crippen MR) is 79.0 cm³/mol. The van der Waals surface area contributed by atoms with Crippen LogP contribution in [0, 0.1) is 5.92 Å². The first-order valence-electron chi connectivity index (χ1n) is 7.69. The fourth-order valence-corrected chi connectivity index (χ4v) is 3.37. The molecule has 1 saturated carbocycles. The van der Waals surface area contributed by atoms with Crippen molar-refractivity contribution in [3.63, 3.8) is 0 Å². The van der Waals surface area contributed by atoms with E-state index in [-0.39, 0.29) is 12.1 Å². The van der Waals surface area contributed by atoms with E-state index in [1.807, 2.05) is 0 Å². The largest absolute Gasteiger partial charge is 0.394 e. The topological polar surface area (TPSA) is 37.2 Å². The van der Waals surface area contributed by atoms with Gasteiger partial charge in [-0.3, -0.25) is 0 Å². The third-order valence-corrected chi connectivity index (χ3v) is 4.43. The average molecular weight is 264 g/mol. The second kappa shape index (κ2) is 6.58. The smallest absolute Gasteiger partial charge is 0.0613 e. The van der Waals surface area contributed by atoms with Crippen LogP contribution in [0.15, 0.2) is 18.3 Å². The van der Waals surface area contributed by atoms with Crippen molar-refractivity contribution in [3.05, 3.63) is 24.0 Å². The van der Waals surface area contributed by atoms with Crippen LogP contribution in [-0.2, 0) is 13.1 Å². The zero-order chi connectivity index (χ0) is 13.7. The van der Waals surface area contributed by atoms with E-state index in [2.05, 4.69) is 42.1 Å². The molecule has 2 atom stereocenters. The molecule has 1 aliphatic rings. The summed E-state index contributed by atoms with van der Waals surface area (Å²) in [4.78, 5) is 0. The van der Waals surface area contributed by atoms with Gasteiger partial charge in [0.05, 0.1) is 6.61 Å². The van der Waals surface area contributed by atoms with Crippen LogP contribution < -0.4 is 5.32 Å². The van der Waals surface area contributed by atoms with E-state index in [0.717, 1.165) is 38.3 Å². The number of hydrogen-bond acceptors (Lipinski definition) is 2. The van der Waals surface area contributed by atoms with Gasteiger partial charge in [-0.25, -0.2) is 0 Å². The molecule has 0 radical (unpaired) electrons. The van der Waals surface area contributed by atoms with Gasteiger partial charge in [-0.05, 0) is 37.3 Å². The summed E-state index contributed by atoms with van der Waals surface area (Å²) >= 11 is 0. The van der Waals surface area contributed by atoms with Gasteiger partial charge < -0.3 is 15.0 Å². The Hall–Kier alpha value is -0.800. The first-order chi connectivity index (χ1) is 9.19. The molecule has 3 heteroatoms. The van der Waals surface area contributed by atoms with Gasteiger partial charge in [0.2, 0.25) is 0 Å². The Balaban J connectivity index is 1.97. The summed E-state index contributed by atoms with van der Waals surface area (Å²) in [5.41, 5.74) is 1.27. The third kappa shape index (κ3) is 3.61. The van der Waals surface area contributed by atoms with E-state index < -0.39 is 0 Å². The minimum atomic E-state index is -0.0566. The summed E-state index contributed by atoms with van der Waals surface area (Å²) in [6, 6.07) is 4.29. The van der Waals surface area contributed by atoms with Gasteiger partial charge in [0.1, 0.15) is 0 Å². The van der Waals surface area contributed by atoms with Crippen molar-refractivity contribution in [1.82, 2.24) is 9.88 Å². The maximum atomic E-state index is 9.79. The molecule has 19 heavy (non-hydrogen) atoms. The van der Waals surface area contributed by atoms with Crippen LogP contribution in [0.25, 0.3) is 0 Å². The Bertz CT molecular complexity index is 388. The lowest BCUT2D eigenvalue weighted by Crippen LogP contribution is -2.51. The molecular formula is C16H28N2O. The summed E-state index contributed by atoms with van der Waals surface area (Å²) in [5.74, 6) is 0.718. The van der Waals surface area contributed by atoms with Crippen molar-refractivity contribution in [2.75, 3.05) is 6.61 Å². The number of hydrogen-bond donors (Lipinski definition) is 2. The fraction of sp³-hybridized carbons (Fsp3) is 0.750. The number of nitrogens with zero attached hydrogens (tertiary/aromatic N) is 1. The van der Waals surface area contributed by atoms with Crippen LogP contribution >= 0.6 is 0 Å². The predicted octanol–water partition coefficient (Wildman–Crippen LogP) is 2.93. The molecule has 2 unspecified atom stereocenters. The standard InChI is InChI=1S/C16H28N2O/c1-3-9-18-10-5-7-15(18)12-17-16(13-19)8-4-6-14(2)11-16/h5,7,10,14,17,19H,3-4,6,8-9,11-13H2,1-2H3. The minimum absolute atomic E-state index is 0.0566. The van der Waals surface area contributed by atoms with Crippen LogP contribution in [0.5, 0.6) is 0 Å². The Morgan fingerprint density at radius 1 is 1.53 bits per heavy atom. The maximum Gasteiger partial charge on any atom is 0.0613 e. The molecule has 0 bridgehead atoms. The van der Waals surface area contributed by atoms with Gasteiger partial charge >= 0.3 is 0 Å². The van der Waals surface area contributed by atoms with Crippen molar-refractivity contribution in [2.24, 2.45) is 5.92 Å². The normalized spacial score (nSPS) is 27.6. The van der Waals surface area contributed by atoms with Crippen molar-refractivity contribution < 1.29 is 5.11 Å². The highest BCUT2D eigenvalue weighted by Crippen LogP contribution is 2.32. The Labute approximate surface area is 117 Å². The molecule has 0 aromatic carbocycles. The monoisotopic (exact) mass is 264 g/mol. The van der Waals surface area contributed by atoms with Gasteiger partial charge in [-0.15, -0.1) is 0 Å². The van der Waals surface area contributed by atoms with Crippen LogP contribution in [-0.4, -0.2) is 21.8 Å². The number of aromatic nitrogens is 1. The average Bonchev–Trinajstić information content (AvgIpc) is 2.84. The SMILES string of the molecule is CCCn1cccc1CNC1(CO)CCCC(C)C1. The van der Waals surface area contributed by atoms with Gasteiger partial charge in [-0.1, -0.05) is 26.7 Å². The Morgan fingerprint density at radius 3 is 3.05 bits per heavy atom. The summed E-state index contributed by atoms with van der Waals surface area (Å²) in [6.45, 7) is 6.69. The summed E-state index contributed by atoms with van der Waals surface area (Å²) in [7, 11) is 0. The lowest BCUT2D eigenvalue weighted by atomic mass is 9.77. The molecule has 0 aliphatic heterocycles. The molecule has 1 heterocycles. The maximum absolute atomic E-state index is 9.79. The first-order valence-corrected chi connectivity index (χ1v) is 7.69. The highest BCUT2D eigenvalue weighted by atomic mass is 16.3. The van der Waals surface area contributed by atoms with Gasteiger partial charge in [-0.2, -0.15) is 0 Å². The lowest BCUT2D eigenvalue weighted by molar-refractivity contribution is 0.0976. The van der Waals surface area contributed by atoms with Crippen LogP contribution in [0.2, 0.25) is 0 Å². The Morgan fingerprint density at radius 2 is 2.37 bits per heavy atom. The number of rotatable bonds is 6. The van der Waals surface area contributed by atoms with Crippen molar-refractivity contribution >= 4 is 0 Å². The van der Waals surface area contributed by atoms with E-state index in [1.165, 1.54) is 18.5 Å². The molecule has 3 nitrogen and oxygen atoms in total. The quantitative estimate of drug-likeness (QED) is 0.829. The Kier molecular flexibility index (Phi) is 5.06. The summed E-state index contributed by atoms with van der Waals surface area (Å²) in [5, 5.41) is 13.4. The highest BCUT2D eigenvalue weighted by molar-refractivity contribution is 5.08. The summed E-state index contributed by atoms with van der Waals surface area (Å²) in [6.07, 6.45) is 8.03. The highest BCUT2D eigenvalue weighted by Gasteiger charge is 2.33. The van der Waals surface area contributed by atoms with E-state index in [9.17, 15) is 5.11 Å². The second-order valence-electron chi connectivity index (χ2n) is 6.19. The lowest BCUT2D eigenvalue weighted by Gasteiger charge is -2.39. The molecule has 0 spiro atoms.